The number of pyridine rings is 1. The molecule has 9 nitrogen and oxygen atoms in total. The third-order valence-corrected chi connectivity index (χ3v) is 6.51. The van der Waals surface area contributed by atoms with Crippen LogP contribution in [0.3, 0.4) is 0 Å². The van der Waals surface area contributed by atoms with Gasteiger partial charge in [0.05, 0.1) is 18.0 Å². The van der Waals surface area contributed by atoms with E-state index >= 15 is 0 Å². The van der Waals surface area contributed by atoms with Crippen molar-refractivity contribution in [1.29, 1.82) is 0 Å². The molecule has 0 spiro atoms. The topological polar surface area (TPSA) is 121 Å². The average Bonchev–Trinajstić information content (AvgIpc) is 2.73. The number of hydrogen-bond acceptors (Lipinski definition) is 6. The summed E-state index contributed by atoms with van der Waals surface area (Å²) in [5, 5.41) is 15.4. The van der Waals surface area contributed by atoms with Gasteiger partial charge in [-0.05, 0) is 83.3 Å². The minimum atomic E-state index is -0.704. The van der Waals surface area contributed by atoms with Crippen molar-refractivity contribution in [2.24, 2.45) is 11.8 Å². The number of carbonyl (C=O) groups excluding carboxylic acids is 3. The summed E-state index contributed by atoms with van der Waals surface area (Å²) < 4.78 is 5.24. The number of ether oxygens (including phenoxy) is 1. The molecule has 34 heavy (non-hydrogen) atoms. The van der Waals surface area contributed by atoms with Gasteiger partial charge in [-0.25, -0.2) is 9.78 Å². The number of aliphatic hydroxyl groups is 1. The first-order chi connectivity index (χ1) is 15.9. The zero-order valence-corrected chi connectivity index (χ0v) is 20.9. The van der Waals surface area contributed by atoms with Gasteiger partial charge in [0.2, 0.25) is 0 Å². The van der Waals surface area contributed by atoms with E-state index in [0.717, 1.165) is 32.1 Å². The molecule has 1 saturated carbocycles. The van der Waals surface area contributed by atoms with Crippen molar-refractivity contribution in [3.63, 3.8) is 0 Å². The molecule has 2 heterocycles. The Morgan fingerprint density at radius 3 is 2.53 bits per heavy atom. The van der Waals surface area contributed by atoms with Crippen LogP contribution in [-0.2, 0) is 14.3 Å². The first kappa shape index (κ1) is 25.9. The van der Waals surface area contributed by atoms with E-state index in [1.54, 1.807) is 38.7 Å². The van der Waals surface area contributed by atoms with E-state index < -0.39 is 23.5 Å². The van der Waals surface area contributed by atoms with Gasteiger partial charge in [-0.1, -0.05) is 13.3 Å². The maximum absolute atomic E-state index is 13.2. The number of nitrogens with zero attached hydrogens (tertiary/aromatic N) is 2. The Kier molecular flexibility index (Phi) is 8.17. The Morgan fingerprint density at radius 2 is 1.88 bits per heavy atom. The number of amides is 3. The fraction of sp³-hybridized carbons (Fsp3) is 0.680. The molecule has 2 aliphatic rings. The van der Waals surface area contributed by atoms with Gasteiger partial charge in [-0.2, -0.15) is 0 Å². The average molecular weight is 475 g/mol. The van der Waals surface area contributed by atoms with E-state index in [1.807, 2.05) is 0 Å². The first-order valence-electron chi connectivity index (χ1n) is 12.2. The van der Waals surface area contributed by atoms with Crippen LogP contribution in [0.1, 0.15) is 71.8 Å². The second kappa shape index (κ2) is 10.7. The lowest BCUT2D eigenvalue weighted by molar-refractivity contribution is -0.148. The SMILES string of the molecule is Cc1cc(NC(=O)C(=O)N2C[C@H](C)CC[C@H]2[C@@H]2CCC[C@H](O)C2)cnc1NC(=O)OC(C)(C)C. The zero-order valence-electron chi connectivity index (χ0n) is 20.9. The van der Waals surface area contributed by atoms with Gasteiger partial charge in [0, 0.05) is 12.6 Å². The van der Waals surface area contributed by atoms with Crippen LogP contribution in [0.4, 0.5) is 16.3 Å². The molecule has 188 valence electrons. The molecule has 3 N–H and O–H groups in total. The zero-order chi connectivity index (χ0) is 25.0. The number of carbonyl (C=O) groups is 3. The predicted molar refractivity (Wildman–Crippen MR) is 129 cm³/mol. The summed E-state index contributed by atoms with van der Waals surface area (Å²) in [5.74, 6) is -0.396. The Balaban J connectivity index is 1.66. The molecule has 3 amide bonds. The Morgan fingerprint density at radius 1 is 1.15 bits per heavy atom. The fourth-order valence-electron chi connectivity index (χ4n) is 4.94. The minimum Gasteiger partial charge on any atom is -0.444 e. The number of likely N-dealkylation sites (tertiary alicyclic amines) is 1. The van der Waals surface area contributed by atoms with Crippen molar-refractivity contribution >= 4 is 29.4 Å². The van der Waals surface area contributed by atoms with Crippen LogP contribution in [0.15, 0.2) is 12.3 Å². The summed E-state index contributed by atoms with van der Waals surface area (Å²) in [6.45, 7) is 9.69. The molecule has 1 aliphatic carbocycles. The van der Waals surface area contributed by atoms with Crippen LogP contribution in [0.5, 0.6) is 0 Å². The van der Waals surface area contributed by atoms with Gasteiger partial charge in [0.1, 0.15) is 11.4 Å². The Bertz CT molecular complexity index is 913. The van der Waals surface area contributed by atoms with Crippen molar-refractivity contribution in [1.82, 2.24) is 9.88 Å². The number of aryl methyl sites for hydroxylation is 1. The van der Waals surface area contributed by atoms with Gasteiger partial charge in [0.25, 0.3) is 0 Å². The maximum atomic E-state index is 13.2. The van der Waals surface area contributed by atoms with Crippen LogP contribution in [-0.4, -0.2) is 57.2 Å². The van der Waals surface area contributed by atoms with E-state index in [4.69, 9.17) is 4.74 Å². The molecule has 1 aromatic heterocycles. The molecule has 2 fully saturated rings. The number of aromatic nitrogens is 1. The van der Waals surface area contributed by atoms with Crippen LogP contribution in [0.25, 0.3) is 0 Å². The van der Waals surface area contributed by atoms with Gasteiger partial charge < -0.3 is 20.1 Å². The number of piperidine rings is 1. The van der Waals surface area contributed by atoms with Crippen molar-refractivity contribution < 1.29 is 24.2 Å². The number of hydrogen-bond donors (Lipinski definition) is 3. The molecule has 0 radical (unpaired) electrons. The lowest BCUT2D eigenvalue weighted by Gasteiger charge is -2.44. The minimum absolute atomic E-state index is 0.0235. The summed E-state index contributed by atoms with van der Waals surface area (Å²) in [4.78, 5) is 44.0. The summed E-state index contributed by atoms with van der Waals surface area (Å²) in [5.41, 5.74) is 0.364. The first-order valence-corrected chi connectivity index (χ1v) is 12.2. The lowest BCUT2D eigenvalue weighted by Crippen LogP contribution is -2.53. The molecule has 1 saturated heterocycles. The number of nitrogens with one attached hydrogen (secondary N) is 2. The largest absolute Gasteiger partial charge is 0.444 e. The van der Waals surface area contributed by atoms with Crippen molar-refractivity contribution in [2.45, 2.75) is 90.9 Å². The molecule has 3 rings (SSSR count). The van der Waals surface area contributed by atoms with Crippen LogP contribution < -0.4 is 10.6 Å². The van der Waals surface area contributed by atoms with Crippen LogP contribution in [0.2, 0.25) is 0 Å². The third kappa shape index (κ3) is 6.91. The van der Waals surface area contributed by atoms with Crippen LogP contribution >= 0.6 is 0 Å². The highest BCUT2D eigenvalue weighted by Crippen LogP contribution is 2.35. The van der Waals surface area contributed by atoms with E-state index in [2.05, 4.69) is 22.5 Å². The van der Waals surface area contributed by atoms with E-state index in [0.29, 0.717) is 36.0 Å². The van der Waals surface area contributed by atoms with Crippen LogP contribution in [0, 0.1) is 18.8 Å². The number of anilines is 2. The van der Waals surface area contributed by atoms with Crippen molar-refractivity contribution in [2.75, 3.05) is 17.2 Å². The van der Waals surface area contributed by atoms with E-state index in [-0.39, 0.29) is 18.1 Å². The summed E-state index contributed by atoms with van der Waals surface area (Å²) in [7, 11) is 0. The fourth-order valence-corrected chi connectivity index (χ4v) is 4.94. The van der Waals surface area contributed by atoms with Gasteiger partial charge >= 0.3 is 17.9 Å². The highest BCUT2D eigenvalue weighted by Gasteiger charge is 2.39. The molecule has 0 bridgehead atoms. The highest BCUT2D eigenvalue weighted by atomic mass is 16.6. The summed E-state index contributed by atoms with van der Waals surface area (Å²) in [6.07, 6.45) is 5.72. The quantitative estimate of drug-likeness (QED) is 0.572. The molecule has 0 unspecified atom stereocenters. The molecule has 9 heteroatoms. The predicted octanol–water partition coefficient (Wildman–Crippen LogP) is 3.85. The number of aliphatic hydroxyl groups excluding tert-OH is 1. The van der Waals surface area contributed by atoms with E-state index in [1.165, 1.54) is 6.20 Å². The summed E-state index contributed by atoms with van der Waals surface area (Å²) >= 11 is 0. The molecule has 1 aliphatic heterocycles. The van der Waals surface area contributed by atoms with Gasteiger partial charge in [-0.15, -0.1) is 0 Å². The molecule has 1 aromatic rings. The lowest BCUT2D eigenvalue weighted by atomic mass is 9.77. The third-order valence-electron chi connectivity index (χ3n) is 6.51. The van der Waals surface area contributed by atoms with E-state index in [9.17, 15) is 19.5 Å². The second-order valence-electron chi connectivity index (χ2n) is 10.8. The smallest absolute Gasteiger partial charge is 0.413 e. The monoisotopic (exact) mass is 474 g/mol. The molecule has 0 aromatic carbocycles. The molecular formula is C25H38N4O5. The van der Waals surface area contributed by atoms with Crippen molar-refractivity contribution in [3.05, 3.63) is 17.8 Å². The number of rotatable bonds is 3. The normalized spacial score (nSPS) is 25.4. The van der Waals surface area contributed by atoms with Gasteiger partial charge in [-0.3, -0.25) is 14.9 Å². The molecular weight excluding hydrogens is 436 g/mol. The second-order valence-corrected chi connectivity index (χ2v) is 10.8. The standard InChI is InChI=1S/C25H38N4O5/c1-15-9-10-20(17-7-6-8-19(30)12-17)29(14-15)23(32)22(31)27-18-11-16(2)21(26-13-18)28-24(33)34-25(3,4)5/h11,13,15,17,19-20,30H,6-10,12,14H2,1-5H3,(H,27,31)(H,26,28,33)/t15-,17-,19+,20+/m1/s1. The van der Waals surface area contributed by atoms with Gasteiger partial charge in [0.15, 0.2) is 0 Å². The molecule has 4 atom stereocenters. The highest BCUT2D eigenvalue weighted by molar-refractivity contribution is 6.39. The maximum Gasteiger partial charge on any atom is 0.413 e. The Hall–Kier alpha value is -2.68. The summed E-state index contributed by atoms with van der Waals surface area (Å²) in [6, 6.07) is 1.63. The van der Waals surface area contributed by atoms with Crippen molar-refractivity contribution in [3.8, 4) is 0 Å². The Labute approximate surface area is 201 Å².